The predicted octanol–water partition coefficient (Wildman–Crippen LogP) is 2.98. The van der Waals surface area contributed by atoms with Gasteiger partial charge in [0.25, 0.3) is 5.91 Å². The molecule has 9 heteroatoms. The second-order valence-electron chi connectivity index (χ2n) is 5.57. The van der Waals surface area contributed by atoms with Crippen molar-refractivity contribution in [3.05, 3.63) is 46.2 Å². The molecule has 0 bridgehead atoms. The molecule has 1 saturated heterocycles. The minimum absolute atomic E-state index is 0. The Kier molecular flexibility index (Phi) is 8.58. The quantitative estimate of drug-likeness (QED) is 0.818. The van der Waals surface area contributed by atoms with Crippen molar-refractivity contribution >= 4 is 47.7 Å². The van der Waals surface area contributed by atoms with E-state index >= 15 is 0 Å². The van der Waals surface area contributed by atoms with Crippen molar-refractivity contribution in [2.75, 3.05) is 18.0 Å². The van der Waals surface area contributed by atoms with Crippen LogP contribution in [0.2, 0.25) is 0 Å². The van der Waals surface area contributed by atoms with E-state index in [1.165, 1.54) is 23.5 Å². The molecular formula is C16H21Cl2FN4OS. The van der Waals surface area contributed by atoms with Crippen LogP contribution >= 0.6 is 36.2 Å². The molecule has 3 N–H and O–H groups in total. The maximum atomic E-state index is 13.4. The van der Waals surface area contributed by atoms with Crippen molar-refractivity contribution in [1.82, 2.24) is 10.3 Å². The van der Waals surface area contributed by atoms with Crippen LogP contribution in [-0.2, 0) is 6.54 Å². The van der Waals surface area contributed by atoms with Gasteiger partial charge in [0, 0.05) is 36.7 Å². The number of hydrogen-bond acceptors (Lipinski definition) is 5. The zero-order valence-corrected chi connectivity index (χ0v) is 15.9. The average Bonchev–Trinajstić information content (AvgIpc) is 3.04. The molecule has 5 nitrogen and oxygen atoms in total. The Hall–Kier alpha value is -1.41. The molecule has 0 spiro atoms. The number of nitrogens with zero attached hydrogens (tertiary/aromatic N) is 2. The largest absolute Gasteiger partial charge is 0.369 e. The van der Waals surface area contributed by atoms with Gasteiger partial charge in [-0.2, -0.15) is 0 Å². The molecule has 2 aromatic rings. The Labute approximate surface area is 162 Å². The van der Waals surface area contributed by atoms with Crippen LogP contribution in [0.15, 0.2) is 29.6 Å². The highest BCUT2D eigenvalue weighted by atomic mass is 35.5. The summed E-state index contributed by atoms with van der Waals surface area (Å²) in [5.41, 5.74) is 6.79. The van der Waals surface area contributed by atoms with Crippen LogP contribution in [-0.4, -0.2) is 30.0 Å². The molecule has 1 aliphatic rings. The summed E-state index contributed by atoms with van der Waals surface area (Å²) in [6.45, 7) is 1.88. The minimum Gasteiger partial charge on any atom is -0.369 e. The van der Waals surface area contributed by atoms with Gasteiger partial charge in [-0.15, -0.1) is 36.2 Å². The van der Waals surface area contributed by atoms with Crippen molar-refractivity contribution in [1.29, 1.82) is 0 Å². The van der Waals surface area contributed by atoms with Crippen molar-refractivity contribution in [2.45, 2.75) is 25.4 Å². The number of nitrogens with two attached hydrogens (primary N) is 1. The van der Waals surface area contributed by atoms with Crippen LogP contribution in [0.5, 0.6) is 0 Å². The Morgan fingerprint density at radius 2 is 2.24 bits per heavy atom. The molecule has 1 aromatic heterocycles. The lowest BCUT2D eigenvalue weighted by Crippen LogP contribution is -2.48. The fourth-order valence-corrected chi connectivity index (χ4v) is 3.43. The minimum atomic E-state index is -0.245. The van der Waals surface area contributed by atoms with Gasteiger partial charge in [-0.05, 0) is 31.0 Å². The molecule has 1 amide bonds. The molecule has 25 heavy (non-hydrogen) atoms. The summed E-state index contributed by atoms with van der Waals surface area (Å²) < 4.78 is 13.4. The number of halogens is 3. The van der Waals surface area contributed by atoms with E-state index in [4.69, 9.17) is 5.73 Å². The monoisotopic (exact) mass is 406 g/mol. The van der Waals surface area contributed by atoms with Gasteiger partial charge in [-0.1, -0.05) is 6.07 Å². The molecule has 2 heterocycles. The summed E-state index contributed by atoms with van der Waals surface area (Å²) in [6.07, 6.45) is 1.86. The predicted molar refractivity (Wildman–Crippen MR) is 104 cm³/mol. The third kappa shape index (κ3) is 5.54. The maximum absolute atomic E-state index is 13.4. The van der Waals surface area contributed by atoms with Gasteiger partial charge < -0.3 is 16.0 Å². The third-order valence-corrected chi connectivity index (χ3v) is 4.76. The van der Waals surface area contributed by atoms with E-state index in [1.807, 2.05) is 6.07 Å². The van der Waals surface area contributed by atoms with Gasteiger partial charge in [0.2, 0.25) is 0 Å². The summed E-state index contributed by atoms with van der Waals surface area (Å²) >= 11 is 1.39. The number of carbonyl (C=O) groups is 1. The van der Waals surface area contributed by atoms with E-state index in [0.29, 0.717) is 18.8 Å². The van der Waals surface area contributed by atoms with Crippen molar-refractivity contribution < 1.29 is 9.18 Å². The Morgan fingerprint density at radius 3 is 2.92 bits per heavy atom. The number of benzene rings is 1. The number of hydrogen-bond donors (Lipinski definition) is 2. The van der Waals surface area contributed by atoms with Gasteiger partial charge in [0.05, 0.1) is 0 Å². The first-order chi connectivity index (χ1) is 11.2. The Bertz CT molecular complexity index is 700. The van der Waals surface area contributed by atoms with Crippen molar-refractivity contribution in [3.63, 3.8) is 0 Å². The van der Waals surface area contributed by atoms with Crippen LogP contribution in [0.3, 0.4) is 0 Å². The summed E-state index contributed by atoms with van der Waals surface area (Å²) in [5, 5.41) is 5.49. The maximum Gasteiger partial charge on any atom is 0.271 e. The number of anilines is 1. The van der Waals surface area contributed by atoms with Crippen LogP contribution in [0.4, 0.5) is 10.1 Å². The highest BCUT2D eigenvalue weighted by Gasteiger charge is 2.23. The molecule has 1 aromatic carbocycles. The highest BCUT2D eigenvalue weighted by Crippen LogP contribution is 2.21. The average molecular weight is 407 g/mol. The molecule has 0 radical (unpaired) electrons. The molecule has 138 valence electrons. The third-order valence-electron chi connectivity index (χ3n) is 3.89. The van der Waals surface area contributed by atoms with E-state index in [0.717, 1.165) is 30.1 Å². The van der Waals surface area contributed by atoms with E-state index in [2.05, 4.69) is 15.2 Å². The van der Waals surface area contributed by atoms with E-state index < -0.39 is 0 Å². The second-order valence-corrected chi connectivity index (χ2v) is 6.51. The molecule has 1 fully saturated rings. The lowest BCUT2D eigenvalue weighted by Gasteiger charge is -2.34. The smallest absolute Gasteiger partial charge is 0.271 e. The van der Waals surface area contributed by atoms with Crippen LogP contribution in [0, 0.1) is 5.82 Å². The number of thiazole rings is 1. The topological polar surface area (TPSA) is 71.2 Å². The Balaban J connectivity index is 0.00000156. The van der Waals surface area contributed by atoms with Crippen LogP contribution in [0.25, 0.3) is 0 Å². The normalized spacial score (nSPS) is 16.6. The lowest BCUT2D eigenvalue weighted by molar-refractivity contribution is 0.0928. The summed E-state index contributed by atoms with van der Waals surface area (Å²) in [4.78, 5) is 18.6. The van der Waals surface area contributed by atoms with Gasteiger partial charge in [-0.25, -0.2) is 9.37 Å². The molecule has 0 aliphatic carbocycles. The van der Waals surface area contributed by atoms with Gasteiger partial charge in [-0.3, -0.25) is 4.79 Å². The SMILES string of the molecule is Cl.Cl.NCc1nc(C(=O)NC2CCCN(c3cccc(F)c3)C2)cs1. The van der Waals surface area contributed by atoms with E-state index in [1.54, 1.807) is 11.4 Å². The van der Waals surface area contributed by atoms with Crippen molar-refractivity contribution in [3.8, 4) is 0 Å². The zero-order valence-electron chi connectivity index (χ0n) is 13.5. The van der Waals surface area contributed by atoms with Crippen molar-refractivity contribution in [2.24, 2.45) is 5.73 Å². The first-order valence-electron chi connectivity index (χ1n) is 7.61. The molecular weight excluding hydrogens is 386 g/mol. The molecule has 0 saturated carbocycles. The van der Waals surface area contributed by atoms with Gasteiger partial charge in [0.15, 0.2) is 0 Å². The highest BCUT2D eigenvalue weighted by molar-refractivity contribution is 7.09. The standard InChI is InChI=1S/C16H19FN4OS.2ClH/c17-11-3-1-5-13(7-11)21-6-2-4-12(9-21)19-16(22)14-10-23-15(8-18)20-14;;/h1,3,5,7,10,12H,2,4,6,8-9,18H2,(H,19,22);2*1H. The Morgan fingerprint density at radius 1 is 1.44 bits per heavy atom. The molecule has 1 aliphatic heterocycles. The second kappa shape index (κ2) is 9.91. The van der Waals surface area contributed by atoms with E-state index in [-0.39, 0.29) is 42.6 Å². The number of nitrogens with one attached hydrogen (secondary N) is 1. The summed E-state index contributed by atoms with van der Waals surface area (Å²) in [6, 6.07) is 6.59. The van der Waals surface area contributed by atoms with Crippen LogP contribution < -0.4 is 16.0 Å². The zero-order chi connectivity index (χ0) is 16.2. The van der Waals surface area contributed by atoms with Gasteiger partial charge in [0.1, 0.15) is 16.5 Å². The summed E-state index contributed by atoms with van der Waals surface area (Å²) in [7, 11) is 0. The lowest BCUT2D eigenvalue weighted by atomic mass is 10.0. The molecule has 3 rings (SSSR count). The molecule has 1 atom stereocenters. The number of aromatic nitrogens is 1. The van der Waals surface area contributed by atoms with E-state index in [9.17, 15) is 9.18 Å². The molecule has 1 unspecified atom stereocenters. The number of rotatable bonds is 4. The van der Waals surface area contributed by atoms with Crippen LogP contribution in [0.1, 0.15) is 28.3 Å². The number of amides is 1. The fraction of sp³-hybridized carbons (Fsp3) is 0.375. The summed E-state index contributed by atoms with van der Waals surface area (Å²) in [5.74, 6) is -0.419. The fourth-order valence-electron chi connectivity index (χ4n) is 2.77. The first kappa shape index (κ1) is 21.6. The number of piperidine rings is 1. The number of carbonyl (C=O) groups excluding carboxylic acids is 1. The first-order valence-corrected chi connectivity index (χ1v) is 8.49. The van der Waals surface area contributed by atoms with Gasteiger partial charge >= 0.3 is 0 Å².